The highest BCUT2D eigenvalue weighted by Crippen LogP contribution is 2.45. The van der Waals surface area contributed by atoms with Gasteiger partial charge in [0.2, 0.25) is 0 Å². The van der Waals surface area contributed by atoms with Gasteiger partial charge in [-0.1, -0.05) is 45.1 Å². The highest BCUT2D eigenvalue weighted by molar-refractivity contribution is 5.30. The Bertz CT molecular complexity index is 591. The van der Waals surface area contributed by atoms with Gasteiger partial charge in [0.1, 0.15) is 5.82 Å². The molecule has 0 heterocycles. The molecule has 2 saturated carbocycles. The number of hydrogen-bond donors (Lipinski definition) is 0. The van der Waals surface area contributed by atoms with Crippen molar-refractivity contribution in [3.63, 3.8) is 0 Å². The third-order valence-corrected chi connectivity index (χ3v) is 7.06. The van der Waals surface area contributed by atoms with Crippen LogP contribution >= 0.6 is 0 Å². The van der Waals surface area contributed by atoms with Gasteiger partial charge in [-0.05, 0) is 79.9 Å². The average molecular weight is 385 g/mol. The lowest BCUT2D eigenvalue weighted by molar-refractivity contribution is -0.140. The van der Waals surface area contributed by atoms with Crippen molar-refractivity contribution in [3.8, 4) is 0 Å². The van der Waals surface area contributed by atoms with Crippen LogP contribution < -0.4 is 0 Å². The number of unbranched alkanes of at least 4 members (excludes halogenated alkanes) is 1. The number of halogens is 4. The minimum absolute atomic E-state index is 0.142. The van der Waals surface area contributed by atoms with Crippen molar-refractivity contribution in [2.45, 2.75) is 89.6 Å². The van der Waals surface area contributed by atoms with Crippen LogP contribution in [0.3, 0.4) is 0 Å². The van der Waals surface area contributed by atoms with Gasteiger partial charge in [0.15, 0.2) is 0 Å². The van der Waals surface area contributed by atoms with E-state index in [-0.39, 0.29) is 5.92 Å². The maximum Gasteiger partial charge on any atom is 0.419 e. The van der Waals surface area contributed by atoms with Gasteiger partial charge in [0, 0.05) is 0 Å². The summed E-state index contributed by atoms with van der Waals surface area (Å²) in [6, 6.07) is 3.58. The predicted molar refractivity (Wildman–Crippen MR) is 101 cm³/mol. The first-order valence-corrected chi connectivity index (χ1v) is 10.7. The van der Waals surface area contributed by atoms with Crippen molar-refractivity contribution in [1.29, 1.82) is 0 Å². The Kier molecular flexibility index (Phi) is 6.86. The zero-order valence-electron chi connectivity index (χ0n) is 16.3. The second kappa shape index (κ2) is 8.96. The highest BCUT2D eigenvalue weighted by Gasteiger charge is 2.36. The van der Waals surface area contributed by atoms with Gasteiger partial charge in [0.05, 0.1) is 5.56 Å². The largest absolute Gasteiger partial charge is 0.419 e. The van der Waals surface area contributed by atoms with Crippen LogP contribution in [0.2, 0.25) is 0 Å². The molecule has 2 aliphatic rings. The smallest absolute Gasteiger partial charge is 0.206 e. The number of hydrogen-bond acceptors (Lipinski definition) is 0. The topological polar surface area (TPSA) is 0 Å². The SMILES string of the molecule is CCCCC1CCC(C2CCC(c3ccc(F)c(C(F)(F)F)c3)CC2)CC1. The van der Waals surface area contributed by atoms with E-state index in [9.17, 15) is 17.6 Å². The van der Waals surface area contributed by atoms with E-state index in [1.54, 1.807) is 6.07 Å². The molecule has 0 aliphatic heterocycles. The summed E-state index contributed by atoms with van der Waals surface area (Å²) in [5.74, 6) is 1.43. The lowest BCUT2D eigenvalue weighted by atomic mass is 9.68. The van der Waals surface area contributed by atoms with Crippen molar-refractivity contribution >= 4 is 0 Å². The maximum atomic E-state index is 13.5. The summed E-state index contributed by atoms with van der Waals surface area (Å²) in [4.78, 5) is 0. The van der Waals surface area contributed by atoms with Crippen molar-refractivity contribution in [3.05, 3.63) is 35.1 Å². The van der Waals surface area contributed by atoms with Crippen LogP contribution in [-0.4, -0.2) is 0 Å². The lowest BCUT2D eigenvalue weighted by Crippen LogP contribution is -2.25. The molecule has 0 aromatic heterocycles. The number of benzene rings is 1. The van der Waals surface area contributed by atoms with Crippen LogP contribution in [0.25, 0.3) is 0 Å². The van der Waals surface area contributed by atoms with Crippen LogP contribution in [0.5, 0.6) is 0 Å². The van der Waals surface area contributed by atoms with Crippen molar-refractivity contribution < 1.29 is 17.6 Å². The average Bonchev–Trinajstić information content (AvgIpc) is 2.66. The van der Waals surface area contributed by atoms with Gasteiger partial charge in [-0.15, -0.1) is 0 Å². The third-order valence-electron chi connectivity index (χ3n) is 7.06. The summed E-state index contributed by atoms with van der Waals surface area (Å²) < 4.78 is 52.4. The number of alkyl halides is 3. The van der Waals surface area contributed by atoms with Gasteiger partial charge in [-0.3, -0.25) is 0 Å². The first kappa shape index (κ1) is 20.7. The number of rotatable bonds is 5. The fourth-order valence-corrected chi connectivity index (χ4v) is 5.38. The van der Waals surface area contributed by atoms with Gasteiger partial charge < -0.3 is 0 Å². The zero-order valence-corrected chi connectivity index (χ0v) is 16.3. The molecule has 0 radical (unpaired) electrons. The Balaban J connectivity index is 1.52. The molecule has 0 saturated heterocycles. The lowest BCUT2D eigenvalue weighted by Gasteiger charge is -2.38. The Morgan fingerprint density at radius 2 is 1.48 bits per heavy atom. The first-order chi connectivity index (χ1) is 12.9. The Hall–Kier alpha value is -1.06. The molecule has 0 amide bonds. The summed E-state index contributed by atoms with van der Waals surface area (Å²) in [6.07, 6.45) is 8.84. The summed E-state index contributed by atoms with van der Waals surface area (Å²) >= 11 is 0. The van der Waals surface area contributed by atoms with Gasteiger partial charge in [-0.25, -0.2) is 4.39 Å². The van der Waals surface area contributed by atoms with Crippen molar-refractivity contribution in [2.24, 2.45) is 17.8 Å². The van der Waals surface area contributed by atoms with E-state index in [4.69, 9.17) is 0 Å². The van der Waals surface area contributed by atoms with E-state index in [0.717, 1.165) is 55.6 Å². The van der Waals surface area contributed by atoms with Crippen LogP contribution in [0.15, 0.2) is 18.2 Å². The van der Waals surface area contributed by atoms with E-state index in [2.05, 4.69) is 6.92 Å². The summed E-state index contributed by atoms with van der Waals surface area (Å²) in [5.41, 5.74) is -0.460. The fraction of sp³-hybridized carbons (Fsp3) is 0.739. The molecule has 1 aromatic rings. The molecule has 0 atom stereocenters. The Morgan fingerprint density at radius 1 is 0.889 bits per heavy atom. The standard InChI is InChI=1S/C23H32F4/c1-2-3-4-16-5-7-17(8-6-16)18-9-11-19(12-10-18)20-13-14-22(24)21(15-20)23(25,26)27/h13-19H,2-12H2,1H3. The Morgan fingerprint density at radius 3 is 2.04 bits per heavy atom. The maximum absolute atomic E-state index is 13.5. The quantitative estimate of drug-likeness (QED) is 0.450. The molecule has 0 nitrogen and oxygen atoms in total. The van der Waals surface area contributed by atoms with Gasteiger partial charge >= 0.3 is 6.18 Å². The normalized spacial score (nSPS) is 29.7. The minimum atomic E-state index is -4.62. The molecule has 2 fully saturated rings. The molecule has 0 N–H and O–H groups in total. The molecule has 4 heteroatoms. The second-order valence-corrected chi connectivity index (χ2v) is 8.77. The van der Waals surface area contributed by atoms with E-state index in [0.29, 0.717) is 5.56 Å². The molecule has 1 aromatic carbocycles. The Labute approximate surface area is 160 Å². The van der Waals surface area contributed by atoms with Crippen molar-refractivity contribution in [1.82, 2.24) is 0 Å². The molecule has 2 aliphatic carbocycles. The van der Waals surface area contributed by atoms with Crippen LogP contribution in [0, 0.1) is 23.6 Å². The summed E-state index contributed by atoms with van der Waals surface area (Å²) in [6.45, 7) is 2.25. The molecule has 0 spiro atoms. The van der Waals surface area contributed by atoms with Crippen LogP contribution in [0.1, 0.15) is 94.6 Å². The van der Waals surface area contributed by atoms with E-state index < -0.39 is 17.6 Å². The van der Waals surface area contributed by atoms with E-state index >= 15 is 0 Å². The summed E-state index contributed by atoms with van der Waals surface area (Å²) in [5, 5.41) is 0. The zero-order chi connectivity index (χ0) is 19.4. The third kappa shape index (κ3) is 5.26. The van der Waals surface area contributed by atoms with E-state index in [1.165, 1.54) is 44.9 Å². The molecule has 0 bridgehead atoms. The van der Waals surface area contributed by atoms with Crippen molar-refractivity contribution in [2.75, 3.05) is 0 Å². The molecular weight excluding hydrogens is 352 g/mol. The highest BCUT2D eigenvalue weighted by atomic mass is 19.4. The molecule has 3 rings (SSSR count). The van der Waals surface area contributed by atoms with Gasteiger partial charge in [-0.2, -0.15) is 13.2 Å². The first-order valence-electron chi connectivity index (χ1n) is 10.7. The predicted octanol–water partition coefficient (Wildman–Crippen LogP) is 8.11. The minimum Gasteiger partial charge on any atom is -0.206 e. The molecular formula is C23H32F4. The summed E-state index contributed by atoms with van der Waals surface area (Å²) in [7, 11) is 0. The second-order valence-electron chi connectivity index (χ2n) is 8.77. The molecule has 152 valence electrons. The van der Waals surface area contributed by atoms with Gasteiger partial charge in [0.25, 0.3) is 0 Å². The fourth-order valence-electron chi connectivity index (χ4n) is 5.38. The van der Waals surface area contributed by atoms with E-state index in [1.807, 2.05) is 0 Å². The van der Waals surface area contributed by atoms with Crippen LogP contribution in [0.4, 0.5) is 17.6 Å². The molecule has 0 unspecified atom stereocenters. The molecule has 27 heavy (non-hydrogen) atoms. The monoisotopic (exact) mass is 384 g/mol. The van der Waals surface area contributed by atoms with Crippen LogP contribution in [-0.2, 0) is 6.18 Å².